The highest BCUT2D eigenvalue weighted by atomic mass is 19.3. The Bertz CT molecular complexity index is 1160. The van der Waals surface area contributed by atoms with E-state index in [4.69, 9.17) is 4.74 Å². The van der Waals surface area contributed by atoms with Crippen LogP contribution in [0.5, 0.6) is 5.75 Å². The molecule has 2 aliphatic carbocycles. The van der Waals surface area contributed by atoms with Crippen LogP contribution in [0.3, 0.4) is 0 Å². The second-order valence-corrected chi connectivity index (χ2v) is 12.1. The molecular weight excluding hydrogens is 482 g/mol. The summed E-state index contributed by atoms with van der Waals surface area (Å²) in [6, 6.07) is 16.5. The number of halogens is 2. The predicted octanol–water partition coefficient (Wildman–Crippen LogP) is 6.09. The average molecular weight is 523 g/mol. The molecule has 2 saturated heterocycles. The Balaban J connectivity index is 1.33. The van der Waals surface area contributed by atoms with E-state index in [0.717, 1.165) is 50.8 Å². The maximum absolute atomic E-state index is 14.7. The molecule has 4 nitrogen and oxygen atoms in total. The number of amides is 1. The molecule has 1 spiro atoms. The lowest BCUT2D eigenvalue weighted by molar-refractivity contribution is -0.145. The van der Waals surface area contributed by atoms with Gasteiger partial charge in [0.15, 0.2) is 0 Å². The number of carbonyl (C=O) groups is 1. The number of likely N-dealkylation sites (tertiary alicyclic amines) is 1. The zero-order valence-corrected chi connectivity index (χ0v) is 22.4. The molecule has 2 aliphatic heterocycles. The van der Waals surface area contributed by atoms with Gasteiger partial charge in [0.2, 0.25) is 11.8 Å². The van der Waals surface area contributed by atoms with Crippen LogP contribution in [-0.4, -0.2) is 49.5 Å². The van der Waals surface area contributed by atoms with Gasteiger partial charge >= 0.3 is 0 Å². The van der Waals surface area contributed by atoms with E-state index in [1.54, 1.807) is 7.11 Å². The van der Waals surface area contributed by atoms with E-state index < -0.39 is 5.92 Å². The van der Waals surface area contributed by atoms with Crippen molar-refractivity contribution in [3.63, 3.8) is 0 Å². The van der Waals surface area contributed by atoms with Crippen LogP contribution in [-0.2, 0) is 16.6 Å². The third kappa shape index (κ3) is 4.53. The lowest BCUT2D eigenvalue weighted by atomic mass is 9.63. The molecule has 5 atom stereocenters. The number of nitrogens with zero attached hydrogens (tertiary/aromatic N) is 1. The van der Waals surface area contributed by atoms with E-state index in [0.29, 0.717) is 25.4 Å². The van der Waals surface area contributed by atoms with E-state index in [-0.39, 0.29) is 42.0 Å². The Kier molecular flexibility index (Phi) is 6.96. The Hall–Kier alpha value is -2.47. The Labute approximate surface area is 225 Å². The molecule has 6 heteroatoms. The van der Waals surface area contributed by atoms with Gasteiger partial charge in [0.05, 0.1) is 13.0 Å². The summed E-state index contributed by atoms with van der Waals surface area (Å²) in [5.74, 6) is -1.60. The molecule has 3 fully saturated rings. The second kappa shape index (κ2) is 10.3. The van der Waals surface area contributed by atoms with Crippen molar-refractivity contribution in [1.29, 1.82) is 0 Å². The summed E-state index contributed by atoms with van der Waals surface area (Å²) in [4.78, 5) is 16.6. The minimum absolute atomic E-state index is 0.0272. The van der Waals surface area contributed by atoms with Gasteiger partial charge in [0, 0.05) is 43.9 Å². The topological polar surface area (TPSA) is 41.6 Å². The Morgan fingerprint density at radius 2 is 1.89 bits per heavy atom. The summed E-state index contributed by atoms with van der Waals surface area (Å²) >= 11 is 0. The maximum atomic E-state index is 14.7. The van der Waals surface area contributed by atoms with Crippen LogP contribution in [0.15, 0.2) is 48.5 Å². The third-order valence-corrected chi connectivity index (χ3v) is 10.1. The summed E-state index contributed by atoms with van der Waals surface area (Å²) in [5, 5.41) is 3.57. The number of piperidine rings is 1. The molecular formula is C32H40F2N2O2. The number of rotatable bonds is 4. The van der Waals surface area contributed by atoms with Gasteiger partial charge in [-0.1, -0.05) is 42.5 Å². The van der Waals surface area contributed by atoms with Gasteiger partial charge in [-0.3, -0.25) is 4.79 Å². The van der Waals surface area contributed by atoms with Crippen LogP contribution in [0.25, 0.3) is 0 Å². The molecule has 5 unspecified atom stereocenters. The second-order valence-electron chi connectivity index (χ2n) is 12.1. The number of carbonyl (C=O) groups excluding carboxylic acids is 1. The zero-order chi connectivity index (χ0) is 26.3. The molecule has 1 N–H and O–H groups in total. The van der Waals surface area contributed by atoms with Crippen molar-refractivity contribution in [3.8, 4) is 5.75 Å². The maximum Gasteiger partial charge on any atom is 0.248 e. The minimum Gasteiger partial charge on any atom is -0.496 e. The summed E-state index contributed by atoms with van der Waals surface area (Å²) < 4.78 is 35.0. The van der Waals surface area contributed by atoms with Crippen molar-refractivity contribution < 1.29 is 18.3 Å². The average Bonchev–Trinajstić information content (AvgIpc) is 3.36. The summed E-state index contributed by atoms with van der Waals surface area (Å²) in [6.07, 6.45) is 5.78. The van der Waals surface area contributed by atoms with Crippen LogP contribution >= 0.6 is 0 Å². The van der Waals surface area contributed by atoms with E-state index in [1.807, 2.05) is 18.2 Å². The number of hydrogen-bond donors (Lipinski definition) is 1. The van der Waals surface area contributed by atoms with Crippen molar-refractivity contribution in [1.82, 2.24) is 10.2 Å². The predicted molar refractivity (Wildman–Crippen MR) is 145 cm³/mol. The molecule has 1 amide bonds. The highest BCUT2D eigenvalue weighted by Crippen LogP contribution is 2.50. The third-order valence-electron chi connectivity index (χ3n) is 10.1. The molecule has 0 aromatic heterocycles. The molecule has 4 aliphatic rings. The van der Waals surface area contributed by atoms with Crippen LogP contribution in [0, 0.1) is 11.8 Å². The Morgan fingerprint density at radius 3 is 2.68 bits per heavy atom. The fourth-order valence-corrected chi connectivity index (χ4v) is 8.31. The SMILES string of the molecule is COc1cccc2c1CCCC21CNCC1C(=O)N1CCC(c2ccccc2)CC1C1CCCC(F)(F)C1. The van der Waals surface area contributed by atoms with Gasteiger partial charge in [-0.2, -0.15) is 0 Å². The van der Waals surface area contributed by atoms with E-state index in [2.05, 4.69) is 40.5 Å². The number of nitrogens with one attached hydrogen (secondary N) is 1. The van der Waals surface area contributed by atoms with Gasteiger partial charge in [-0.15, -0.1) is 0 Å². The van der Waals surface area contributed by atoms with Gasteiger partial charge in [-0.25, -0.2) is 8.78 Å². The lowest BCUT2D eigenvalue weighted by Gasteiger charge is -2.48. The molecule has 0 radical (unpaired) electrons. The van der Waals surface area contributed by atoms with Crippen molar-refractivity contribution in [3.05, 3.63) is 65.2 Å². The zero-order valence-electron chi connectivity index (χ0n) is 22.4. The molecule has 2 heterocycles. The van der Waals surface area contributed by atoms with Crippen LogP contribution in [0.2, 0.25) is 0 Å². The quantitative estimate of drug-likeness (QED) is 0.529. The largest absolute Gasteiger partial charge is 0.496 e. The van der Waals surface area contributed by atoms with Gasteiger partial charge in [0.1, 0.15) is 5.75 Å². The first-order valence-electron chi connectivity index (χ1n) is 14.5. The number of methoxy groups -OCH3 is 1. The highest BCUT2D eigenvalue weighted by Gasteiger charge is 2.53. The monoisotopic (exact) mass is 522 g/mol. The molecule has 2 aromatic rings. The minimum atomic E-state index is -2.63. The van der Waals surface area contributed by atoms with E-state index in [9.17, 15) is 13.6 Å². The number of hydrogen-bond acceptors (Lipinski definition) is 3. The van der Waals surface area contributed by atoms with Gasteiger partial charge in [-0.05, 0) is 79.5 Å². The summed E-state index contributed by atoms with van der Waals surface area (Å²) in [7, 11) is 1.72. The lowest BCUT2D eigenvalue weighted by Crippen LogP contribution is -2.55. The first-order valence-corrected chi connectivity index (χ1v) is 14.5. The number of fused-ring (bicyclic) bond motifs is 2. The summed E-state index contributed by atoms with van der Waals surface area (Å²) in [5.41, 5.74) is 3.47. The van der Waals surface area contributed by atoms with Crippen molar-refractivity contribution >= 4 is 5.91 Å². The first kappa shape index (κ1) is 25.8. The fourth-order valence-electron chi connectivity index (χ4n) is 8.31. The summed E-state index contributed by atoms with van der Waals surface area (Å²) in [6.45, 7) is 2.06. The van der Waals surface area contributed by atoms with Crippen molar-refractivity contribution in [2.45, 2.75) is 81.1 Å². The molecule has 38 heavy (non-hydrogen) atoms. The van der Waals surface area contributed by atoms with E-state index in [1.165, 1.54) is 16.7 Å². The number of alkyl halides is 2. The number of benzene rings is 2. The van der Waals surface area contributed by atoms with E-state index >= 15 is 0 Å². The van der Waals surface area contributed by atoms with Crippen LogP contribution in [0.1, 0.15) is 74.0 Å². The standard InChI is InChI=1S/C32H40F2N2O2/c1-38-29-13-5-12-26-25(29)11-7-15-31(26)21-35-20-27(31)30(37)36-17-14-23(22-8-3-2-4-9-22)18-28(36)24-10-6-16-32(33,34)19-24/h2-5,8-9,12-13,23-24,27-28,35H,6-7,10-11,14-21H2,1H3. The fraction of sp³-hybridized carbons (Fsp3) is 0.594. The molecule has 0 bridgehead atoms. The molecule has 6 rings (SSSR count). The smallest absolute Gasteiger partial charge is 0.248 e. The van der Waals surface area contributed by atoms with Gasteiger partial charge < -0.3 is 15.0 Å². The molecule has 2 aromatic carbocycles. The highest BCUT2D eigenvalue weighted by molar-refractivity contribution is 5.82. The molecule has 204 valence electrons. The van der Waals surface area contributed by atoms with Crippen molar-refractivity contribution in [2.75, 3.05) is 26.7 Å². The normalized spacial score (nSPS) is 32.7. The Morgan fingerprint density at radius 1 is 1.05 bits per heavy atom. The van der Waals surface area contributed by atoms with Gasteiger partial charge in [0.25, 0.3) is 0 Å². The van der Waals surface area contributed by atoms with Crippen LogP contribution in [0.4, 0.5) is 8.78 Å². The first-order chi connectivity index (χ1) is 18.4. The molecule has 1 saturated carbocycles. The van der Waals surface area contributed by atoms with Crippen molar-refractivity contribution in [2.24, 2.45) is 11.8 Å². The number of ether oxygens (including phenoxy) is 1. The van der Waals surface area contributed by atoms with Crippen LogP contribution < -0.4 is 10.1 Å².